The van der Waals surface area contributed by atoms with E-state index in [9.17, 15) is 0 Å². The van der Waals surface area contributed by atoms with E-state index in [0.29, 0.717) is 0 Å². The monoisotopic (exact) mass is 254 g/mol. The Bertz CT molecular complexity index is 706. The second-order valence-corrected chi connectivity index (χ2v) is 5.09. The summed E-state index contributed by atoms with van der Waals surface area (Å²) in [7, 11) is 0. The van der Waals surface area contributed by atoms with E-state index in [1.807, 2.05) is 25.3 Å². The van der Waals surface area contributed by atoms with Crippen molar-refractivity contribution in [3.8, 4) is 11.3 Å². The van der Waals surface area contributed by atoms with Gasteiger partial charge < -0.3 is 15.7 Å². The molecule has 4 nitrogen and oxygen atoms in total. The maximum atomic E-state index is 5.83. The van der Waals surface area contributed by atoms with Crippen molar-refractivity contribution in [3.05, 3.63) is 42.0 Å². The molecule has 0 spiro atoms. The second kappa shape index (κ2) is 4.55. The molecule has 4 heteroatoms. The number of H-pyrrole nitrogens is 2. The van der Waals surface area contributed by atoms with Gasteiger partial charge in [0.15, 0.2) is 0 Å². The van der Waals surface area contributed by atoms with Gasteiger partial charge in [-0.1, -0.05) is 18.2 Å². The zero-order valence-electron chi connectivity index (χ0n) is 11.2. The van der Waals surface area contributed by atoms with Crippen molar-refractivity contribution in [2.75, 3.05) is 0 Å². The topological polar surface area (TPSA) is 70.5 Å². The van der Waals surface area contributed by atoms with E-state index >= 15 is 0 Å². The third kappa shape index (κ3) is 2.15. The molecule has 0 radical (unpaired) electrons. The fourth-order valence-electron chi connectivity index (χ4n) is 2.45. The molecule has 0 amide bonds. The number of hydrogen-bond acceptors (Lipinski definition) is 2. The molecule has 0 bridgehead atoms. The van der Waals surface area contributed by atoms with Crippen molar-refractivity contribution < 1.29 is 0 Å². The summed E-state index contributed by atoms with van der Waals surface area (Å²) in [4.78, 5) is 11.3. The van der Waals surface area contributed by atoms with Crippen LogP contribution in [0.1, 0.15) is 18.4 Å². The fourth-order valence-corrected chi connectivity index (χ4v) is 2.45. The number of para-hydroxylation sites is 1. The number of rotatable bonds is 3. The lowest BCUT2D eigenvalue weighted by molar-refractivity contribution is 0.709. The minimum atomic E-state index is 0.112. The second-order valence-electron chi connectivity index (χ2n) is 5.09. The van der Waals surface area contributed by atoms with Gasteiger partial charge in [-0.25, -0.2) is 4.98 Å². The number of imidazole rings is 1. The lowest BCUT2D eigenvalue weighted by Crippen LogP contribution is -2.18. The molecule has 19 heavy (non-hydrogen) atoms. The van der Waals surface area contributed by atoms with E-state index in [1.165, 1.54) is 5.39 Å². The Morgan fingerprint density at radius 3 is 2.89 bits per heavy atom. The molecule has 2 heterocycles. The number of aromatic amines is 2. The first-order chi connectivity index (χ1) is 9.15. The van der Waals surface area contributed by atoms with Crippen molar-refractivity contribution >= 4 is 10.9 Å². The highest BCUT2D eigenvalue weighted by atomic mass is 14.9. The van der Waals surface area contributed by atoms with E-state index in [-0.39, 0.29) is 6.04 Å². The number of aromatic nitrogens is 3. The normalized spacial score (nSPS) is 13.0. The number of nitrogens with zero attached hydrogens (tertiary/aromatic N) is 1. The predicted octanol–water partition coefficient (Wildman–Crippen LogP) is 2.76. The molecule has 3 aromatic rings. The van der Waals surface area contributed by atoms with E-state index in [4.69, 9.17) is 5.73 Å². The molecule has 0 fully saturated rings. The summed E-state index contributed by atoms with van der Waals surface area (Å²) < 4.78 is 0. The molecule has 1 unspecified atom stereocenters. The lowest BCUT2D eigenvalue weighted by Gasteiger charge is -1.99. The third-order valence-corrected chi connectivity index (χ3v) is 3.29. The Balaban J connectivity index is 2.09. The van der Waals surface area contributed by atoms with Gasteiger partial charge in [-0.15, -0.1) is 0 Å². The van der Waals surface area contributed by atoms with Crippen molar-refractivity contribution in [2.45, 2.75) is 26.3 Å². The van der Waals surface area contributed by atoms with Crippen LogP contribution in [0.4, 0.5) is 0 Å². The van der Waals surface area contributed by atoms with Crippen molar-refractivity contribution in [3.63, 3.8) is 0 Å². The van der Waals surface area contributed by atoms with Gasteiger partial charge in [0.25, 0.3) is 0 Å². The number of nitrogens with one attached hydrogen (secondary N) is 2. The predicted molar refractivity (Wildman–Crippen MR) is 78.0 cm³/mol. The Kier molecular flexibility index (Phi) is 2.87. The average Bonchev–Trinajstić information content (AvgIpc) is 2.92. The molecule has 0 aliphatic heterocycles. The molecule has 98 valence electrons. The molecular formula is C15H18N4. The summed E-state index contributed by atoms with van der Waals surface area (Å²) in [5, 5.41) is 1.20. The summed E-state index contributed by atoms with van der Waals surface area (Å²) in [6.07, 6.45) is 2.78. The van der Waals surface area contributed by atoms with Crippen LogP contribution in [0, 0.1) is 6.92 Å². The quantitative estimate of drug-likeness (QED) is 0.672. The molecule has 3 rings (SSSR count). The zero-order chi connectivity index (χ0) is 13.4. The highest BCUT2D eigenvalue weighted by Crippen LogP contribution is 2.29. The number of benzene rings is 1. The van der Waals surface area contributed by atoms with E-state index in [0.717, 1.165) is 34.7 Å². The van der Waals surface area contributed by atoms with Gasteiger partial charge in [-0.3, -0.25) is 0 Å². The highest BCUT2D eigenvalue weighted by Gasteiger charge is 2.13. The van der Waals surface area contributed by atoms with Crippen molar-refractivity contribution in [2.24, 2.45) is 5.73 Å². The molecule has 0 aliphatic rings. The van der Waals surface area contributed by atoms with Gasteiger partial charge in [0, 0.05) is 40.8 Å². The SMILES string of the molecule is Cc1[nH]c(CC(C)N)nc1-c1c[nH]c2ccccc12. The Morgan fingerprint density at radius 2 is 2.11 bits per heavy atom. The molecule has 0 saturated heterocycles. The Morgan fingerprint density at radius 1 is 1.32 bits per heavy atom. The minimum Gasteiger partial charge on any atom is -0.360 e. The first kappa shape index (κ1) is 12.0. The molecule has 0 aliphatic carbocycles. The Labute approximate surface area is 112 Å². The van der Waals surface area contributed by atoms with Crippen LogP contribution in [0.2, 0.25) is 0 Å². The van der Waals surface area contributed by atoms with E-state index < -0.39 is 0 Å². The Hall–Kier alpha value is -2.07. The average molecular weight is 254 g/mol. The summed E-state index contributed by atoms with van der Waals surface area (Å²) in [5.41, 5.74) is 10.2. The number of nitrogens with two attached hydrogens (primary N) is 1. The largest absolute Gasteiger partial charge is 0.360 e. The molecule has 0 saturated carbocycles. The van der Waals surface area contributed by atoms with Gasteiger partial charge >= 0.3 is 0 Å². The summed E-state index contributed by atoms with van der Waals surface area (Å²) >= 11 is 0. The van der Waals surface area contributed by atoms with Gasteiger partial charge in [-0.2, -0.15) is 0 Å². The zero-order valence-corrected chi connectivity index (χ0v) is 11.2. The van der Waals surface area contributed by atoms with E-state index in [1.54, 1.807) is 0 Å². The molecule has 4 N–H and O–H groups in total. The van der Waals surface area contributed by atoms with Gasteiger partial charge in [0.2, 0.25) is 0 Å². The smallest absolute Gasteiger partial charge is 0.108 e. The van der Waals surface area contributed by atoms with Crippen LogP contribution in [-0.2, 0) is 6.42 Å². The summed E-state index contributed by atoms with van der Waals surface area (Å²) in [5.74, 6) is 0.952. The van der Waals surface area contributed by atoms with Crippen molar-refractivity contribution in [1.82, 2.24) is 15.0 Å². The van der Waals surface area contributed by atoms with Crippen LogP contribution < -0.4 is 5.73 Å². The molecule has 1 aromatic carbocycles. The number of hydrogen-bond donors (Lipinski definition) is 3. The minimum absolute atomic E-state index is 0.112. The van der Waals surface area contributed by atoms with Gasteiger partial charge in [0.1, 0.15) is 5.82 Å². The molecular weight excluding hydrogens is 236 g/mol. The number of fused-ring (bicyclic) bond motifs is 1. The fraction of sp³-hybridized carbons (Fsp3) is 0.267. The number of aryl methyl sites for hydroxylation is 1. The maximum absolute atomic E-state index is 5.83. The van der Waals surface area contributed by atoms with Crippen LogP contribution >= 0.6 is 0 Å². The maximum Gasteiger partial charge on any atom is 0.108 e. The lowest BCUT2D eigenvalue weighted by atomic mass is 10.1. The summed E-state index contributed by atoms with van der Waals surface area (Å²) in [6, 6.07) is 8.37. The molecule has 1 atom stereocenters. The summed E-state index contributed by atoms with van der Waals surface area (Å²) in [6.45, 7) is 4.04. The van der Waals surface area contributed by atoms with E-state index in [2.05, 4.69) is 34.0 Å². The van der Waals surface area contributed by atoms with Crippen LogP contribution in [0.25, 0.3) is 22.2 Å². The molecule has 2 aromatic heterocycles. The van der Waals surface area contributed by atoms with Crippen LogP contribution in [0.5, 0.6) is 0 Å². The standard InChI is InChI=1S/C15H18N4/c1-9(16)7-14-18-10(2)15(19-14)12-8-17-13-6-4-3-5-11(12)13/h3-6,8-9,17H,7,16H2,1-2H3,(H,18,19). The van der Waals surface area contributed by atoms with Gasteiger partial charge in [0.05, 0.1) is 5.69 Å². The first-order valence-electron chi connectivity index (χ1n) is 6.52. The van der Waals surface area contributed by atoms with Crippen LogP contribution in [0.15, 0.2) is 30.5 Å². The first-order valence-corrected chi connectivity index (χ1v) is 6.52. The van der Waals surface area contributed by atoms with Gasteiger partial charge in [-0.05, 0) is 19.9 Å². The highest BCUT2D eigenvalue weighted by molar-refractivity contribution is 5.95. The van der Waals surface area contributed by atoms with Crippen LogP contribution in [0.3, 0.4) is 0 Å². The third-order valence-electron chi connectivity index (χ3n) is 3.29. The van der Waals surface area contributed by atoms with Crippen molar-refractivity contribution in [1.29, 1.82) is 0 Å². The van der Waals surface area contributed by atoms with Crippen LogP contribution in [-0.4, -0.2) is 21.0 Å².